The minimum atomic E-state index is -3.44. The summed E-state index contributed by atoms with van der Waals surface area (Å²) in [6.07, 6.45) is 5.41. The highest BCUT2D eigenvalue weighted by Gasteiger charge is 2.36. The highest BCUT2D eigenvalue weighted by molar-refractivity contribution is 5.83. The number of fused-ring (bicyclic) bond motifs is 1. The molecule has 0 spiro atoms. The summed E-state index contributed by atoms with van der Waals surface area (Å²) in [5.41, 5.74) is 1.73. The first-order valence-electron chi connectivity index (χ1n) is 9.92. The number of carbonyl (C=O) groups excluding carboxylic acids is 1. The maximum absolute atomic E-state index is 13.4. The third kappa shape index (κ3) is 4.60. The number of aryl methyl sites for hydroxylation is 1. The summed E-state index contributed by atoms with van der Waals surface area (Å²) in [6.45, 7) is 6.22. The maximum Gasteiger partial charge on any atom is 0.321 e. The Morgan fingerprint density at radius 2 is 2.00 bits per heavy atom. The van der Waals surface area contributed by atoms with Crippen LogP contribution in [-0.2, 0) is 11.8 Å². The van der Waals surface area contributed by atoms with E-state index in [0.717, 1.165) is 16.6 Å². The standard InChI is InChI=1S/C21H27F2N5O2/c1-6-18(19(13(2)3)26-20(29)21(4,22)23)30-16-7-8-17-14(9-16)10-25-28(17)15-11-24-27(5)12-15/h7-13,18-19H,6H2,1-5H3,(H,26,29)/t18-,19+/m1/s1. The fraction of sp³-hybridized carbons (Fsp3) is 0.476. The largest absolute Gasteiger partial charge is 0.488 e. The van der Waals surface area contributed by atoms with Gasteiger partial charge in [-0.3, -0.25) is 9.48 Å². The van der Waals surface area contributed by atoms with Crippen LogP contribution in [0.4, 0.5) is 8.78 Å². The number of hydrogen-bond donors (Lipinski definition) is 1. The summed E-state index contributed by atoms with van der Waals surface area (Å²) in [7, 11) is 1.84. The van der Waals surface area contributed by atoms with Gasteiger partial charge in [0.25, 0.3) is 5.91 Å². The van der Waals surface area contributed by atoms with Gasteiger partial charge in [-0.15, -0.1) is 0 Å². The molecule has 0 aliphatic rings. The molecule has 0 saturated carbocycles. The number of rotatable bonds is 8. The molecule has 1 aromatic carbocycles. The second kappa shape index (κ2) is 8.41. The van der Waals surface area contributed by atoms with Gasteiger partial charge in [-0.05, 0) is 30.5 Å². The fourth-order valence-corrected chi connectivity index (χ4v) is 3.36. The van der Waals surface area contributed by atoms with Crippen LogP contribution in [0.3, 0.4) is 0 Å². The third-order valence-electron chi connectivity index (χ3n) is 4.98. The lowest BCUT2D eigenvalue weighted by Crippen LogP contribution is -2.52. The predicted octanol–water partition coefficient (Wildman–Crippen LogP) is 3.71. The Labute approximate surface area is 174 Å². The molecule has 1 N–H and O–H groups in total. The van der Waals surface area contributed by atoms with Gasteiger partial charge in [-0.1, -0.05) is 20.8 Å². The summed E-state index contributed by atoms with van der Waals surface area (Å²) < 4.78 is 36.4. The summed E-state index contributed by atoms with van der Waals surface area (Å²) in [4.78, 5) is 11.8. The second-order valence-electron chi connectivity index (χ2n) is 7.85. The fourth-order valence-electron chi connectivity index (χ4n) is 3.36. The number of ether oxygens (including phenoxy) is 1. The smallest absolute Gasteiger partial charge is 0.321 e. The number of benzene rings is 1. The van der Waals surface area contributed by atoms with Gasteiger partial charge in [0, 0.05) is 19.4 Å². The van der Waals surface area contributed by atoms with Crippen LogP contribution < -0.4 is 10.1 Å². The number of nitrogens with zero attached hydrogens (tertiary/aromatic N) is 4. The minimum Gasteiger partial charge on any atom is -0.488 e. The molecular weight excluding hydrogens is 392 g/mol. The molecule has 1 amide bonds. The van der Waals surface area contributed by atoms with Gasteiger partial charge in [-0.2, -0.15) is 19.0 Å². The van der Waals surface area contributed by atoms with E-state index in [-0.39, 0.29) is 5.92 Å². The molecule has 3 rings (SSSR count). The summed E-state index contributed by atoms with van der Waals surface area (Å²) in [5.74, 6) is -4.23. The molecule has 2 atom stereocenters. The summed E-state index contributed by atoms with van der Waals surface area (Å²) >= 11 is 0. The molecule has 0 fully saturated rings. The van der Waals surface area contributed by atoms with Crippen molar-refractivity contribution in [1.82, 2.24) is 24.9 Å². The van der Waals surface area contributed by atoms with Crippen molar-refractivity contribution in [2.75, 3.05) is 0 Å². The van der Waals surface area contributed by atoms with Gasteiger partial charge in [-0.25, -0.2) is 4.68 Å². The van der Waals surface area contributed by atoms with Crippen LogP contribution in [0.5, 0.6) is 5.75 Å². The molecule has 0 radical (unpaired) electrons. The third-order valence-corrected chi connectivity index (χ3v) is 4.98. The van der Waals surface area contributed by atoms with E-state index in [4.69, 9.17) is 4.74 Å². The van der Waals surface area contributed by atoms with Crippen LogP contribution in [0.1, 0.15) is 34.1 Å². The van der Waals surface area contributed by atoms with Crippen LogP contribution in [0, 0.1) is 5.92 Å². The van der Waals surface area contributed by atoms with E-state index < -0.39 is 24.0 Å². The van der Waals surface area contributed by atoms with Crippen molar-refractivity contribution >= 4 is 16.8 Å². The molecule has 30 heavy (non-hydrogen) atoms. The van der Waals surface area contributed by atoms with Gasteiger partial charge in [0.2, 0.25) is 0 Å². The van der Waals surface area contributed by atoms with Crippen molar-refractivity contribution < 1.29 is 18.3 Å². The van der Waals surface area contributed by atoms with Gasteiger partial charge in [0.15, 0.2) is 0 Å². The average Bonchev–Trinajstić information content (AvgIpc) is 3.28. The van der Waals surface area contributed by atoms with Gasteiger partial charge < -0.3 is 10.1 Å². The Kier molecular flexibility index (Phi) is 6.09. The Hall–Kier alpha value is -2.97. The molecule has 0 bridgehead atoms. The molecule has 9 heteroatoms. The lowest BCUT2D eigenvalue weighted by atomic mass is 9.96. The van der Waals surface area contributed by atoms with Crippen LogP contribution in [0.15, 0.2) is 36.8 Å². The number of nitrogens with one attached hydrogen (secondary N) is 1. The quantitative estimate of drug-likeness (QED) is 0.604. The monoisotopic (exact) mass is 419 g/mol. The van der Waals surface area contributed by atoms with Crippen LogP contribution in [0.2, 0.25) is 0 Å². The van der Waals surface area contributed by atoms with Crippen LogP contribution in [-0.4, -0.2) is 43.5 Å². The van der Waals surface area contributed by atoms with Crippen LogP contribution in [0.25, 0.3) is 16.6 Å². The van der Waals surface area contributed by atoms with E-state index in [9.17, 15) is 13.6 Å². The molecule has 0 aliphatic heterocycles. The normalized spacial score (nSPS) is 14.1. The Bertz CT molecular complexity index is 1020. The zero-order valence-electron chi connectivity index (χ0n) is 17.8. The van der Waals surface area contributed by atoms with E-state index >= 15 is 0 Å². The van der Waals surface area contributed by atoms with E-state index in [1.807, 2.05) is 52.2 Å². The Morgan fingerprint density at radius 1 is 1.27 bits per heavy atom. The van der Waals surface area contributed by atoms with E-state index in [1.165, 1.54) is 0 Å². The first kappa shape index (κ1) is 21.7. The Morgan fingerprint density at radius 3 is 2.57 bits per heavy atom. The number of halogens is 2. The summed E-state index contributed by atoms with van der Waals surface area (Å²) in [6, 6.07) is 5.00. The molecule has 162 valence electrons. The molecule has 0 unspecified atom stereocenters. The van der Waals surface area contributed by atoms with Gasteiger partial charge in [0.05, 0.1) is 30.1 Å². The van der Waals surface area contributed by atoms with Crippen LogP contribution >= 0.6 is 0 Å². The Balaban J connectivity index is 1.83. The number of aromatic nitrogens is 4. The SMILES string of the molecule is CC[C@@H](Oc1ccc2c(cnn2-c2cnn(C)c2)c1)[C@@H](NC(=O)C(C)(F)F)C(C)C. The zero-order chi connectivity index (χ0) is 22.1. The average molecular weight is 419 g/mol. The topological polar surface area (TPSA) is 74.0 Å². The molecular formula is C21H27F2N5O2. The van der Waals surface area contributed by atoms with Gasteiger partial charge in [0.1, 0.15) is 17.5 Å². The van der Waals surface area contributed by atoms with Crippen molar-refractivity contribution in [3.8, 4) is 11.4 Å². The van der Waals surface area contributed by atoms with Crippen molar-refractivity contribution in [3.63, 3.8) is 0 Å². The zero-order valence-corrected chi connectivity index (χ0v) is 17.8. The number of hydrogen-bond acceptors (Lipinski definition) is 4. The van der Waals surface area contributed by atoms with E-state index in [0.29, 0.717) is 19.1 Å². The predicted molar refractivity (Wildman–Crippen MR) is 110 cm³/mol. The molecule has 7 nitrogen and oxygen atoms in total. The number of amides is 1. The highest BCUT2D eigenvalue weighted by Crippen LogP contribution is 2.26. The minimum absolute atomic E-state index is 0.0849. The highest BCUT2D eigenvalue weighted by atomic mass is 19.3. The van der Waals surface area contributed by atoms with E-state index in [2.05, 4.69) is 15.5 Å². The first-order chi connectivity index (χ1) is 14.1. The maximum atomic E-state index is 13.4. The molecule has 3 aromatic rings. The van der Waals surface area contributed by atoms with Crippen molar-refractivity contribution in [2.45, 2.75) is 52.2 Å². The van der Waals surface area contributed by atoms with Gasteiger partial charge >= 0.3 is 5.92 Å². The lowest BCUT2D eigenvalue weighted by Gasteiger charge is -2.31. The van der Waals surface area contributed by atoms with Crippen molar-refractivity contribution in [1.29, 1.82) is 0 Å². The summed E-state index contributed by atoms with van der Waals surface area (Å²) in [5, 5.41) is 11.9. The lowest BCUT2D eigenvalue weighted by molar-refractivity contribution is -0.145. The van der Waals surface area contributed by atoms with E-state index in [1.54, 1.807) is 21.8 Å². The van der Waals surface area contributed by atoms with Crippen molar-refractivity contribution in [2.24, 2.45) is 13.0 Å². The molecule has 0 aliphatic carbocycles. The molecule has 2 aromatic heterocycles. The first-order valence-corrected chi connectivity index (χ1v) is 9.92. The molecule has 2 heterocycles. The number of carbonyl (C=O) groups is 1. The number of alkyl halides is 2. The second-order valence-corrected chi connectivity index (χ2v) is 7.85. The molecule has 0 saturated heterocycles. The van der Waals surface area contributed by atoms with Crippen molar-refractivity contribution in [3.05, 3.63) is 36.8 Å².